The van der Waals surface area contributed by atoms with Crippen molar-refractivity contribution in [2.45, 2.75) is 41.9 Å². The minimum atomic E-state index is -3.64. The molecule has 0 aliphatic heterocycles. The van der Waals surface area contributed by atoms with Crippen molar-refractivity contribution in [3.8, 4) is 0 Å². The van der Waals surface area contributed by atoms with Gasteiger partial charge in [0, 0.05) is 22.0 Å². The number of sulfonamides is 1. The highest BCUT2D eigenvalue weighted by Gasteiger charge is 2.30. The molecule has 1 aromatic heterocycles. The summed E-state index contributed by atoms with van der Waals surface area (Å²) in [7, 11) is -3.64. The second-order valence-electron chi connectivity index (χ2n) is 4.82. The molecule has 20 heavy (non-hydrogen) atoms. The Morgan fingerprint density at radius 1 is 1.45 bits per heavy atom. The molecule has 0 spiro atoms. The van der Waals surface area contributed by atoms with Gasteiger partial charge >= 0.3 is 0 Å². The second-order valence-corrected chi connectivity index (χ2v) is 8.50. The van der Waals surface area contributed by atoms with E-state index in [1.807, 2.05) is 6.26 Å². The van der Waals surface area contributed by atoms with Gasteiger partial charge in [-0.15, -0.1) is 0 Å². The molecule has 2 atom stereocenters. The molecule has 1 saturated carbocycles. The predicted molar refractivity (Wildman–Crippen MR) is 86.2 cm³/mol. The maximum Gasteiger partial charge on any atom is 0.244 e. The first-order valence-electron chi connectivity index (χ1n) is 6.40. The number of rotatable bonds is 4. The van der Waals surface area contributed by atoms with Crippen LogP contribution in [0.25, 0.3) is 0 Å². The Kier molecular flexibility index (Phi) is 5.33. The normalized spacial score (nSPS) is 23.7. The summed E-state index contributed by atoms with van der Waals surface area (Å²) < 4.78 is 28.3. The van der Waals surface area contributed by atoms with Crippen LogP contribution in [0.5, 0.6) is 0 Å². The van der Waals surface area contributed by atoms with Crippen LogP contribution in [-0.2, 0) is 10.0 Å². The zero-order chi connectivity index (χ0) is 14.8. The summed E-state index contributed by atoms with van der Waals surface area (Å²) in [4.78, 5) is 3.92. The fraction of sp³-hybridized carbons (Fsp3) is 0.583. The van der Waals surface area contributed by atoms with Gasteiger partial charge in [0.25, 0.3) is 0 Å². The van der Waals surface area contributed by atoms with Gasteiger partial charge in [0.15, 0.2) is 0 Å². The standard InChI is InChI=1S/C12H18BrN3O2S2/c1-19-10-5-3-2-4-9(10)16-20(17,18)11-6-8(13)7-15-12(11)14/h6-7,9-10,16H,2-5H2,1H3,(H2,14,15). The molecule has 1 fully saturated rings. The predicted octanol–water partition coefficient (Wildman–Crippen LogP) is 2.38. The fourth-order valence-electron chi connectivity index (χ4n) is 2.42. The number of thioether (sulfide) groups is 1. The van der Waals surface area contributed by atoms with Crippen molar-refractivity contribution in [2.24, 2.45) is 0 Å². The van der Waals surface area contributed by atoms with Gasteiger partial charge in [-0.3, -0.25) is 0 Å². The van der Waals surface area contributed by atoms with Crippen molar-refractivity contribution in [3.05, 3.63) is 16.7 Å². The second kappa shape index (κ2) is 6.64. The molecule has 1 heterocycles. The lowest BCUT2D eigenvalue weighted by Crippen LogP contribution is -2.43. The lowest BCUT2D eigenvalue weighted by Gasteiger charge is -2.30. The van der Waals surface area contributed by atoms with Crippen molar-refractivity contribution in [1.29, 1.82) is 0 Å². The summed E-state index contributed by atoms with van der Waals surface area (Å²) in [6, 6.07) is 1.45. The third kappa shape index (κ3) is 3.66. The van der Waals surface area contributed by atoms with Crippen LogP contribution < -0.4 is 10.5 Å². The highest BCUT2D eigenvalue weighted by molar-refractivity contribution is 9.10. The van der Waals surface area contributed by atoms with E-state index >= 15 is 0 Å². The minimum Gasteiger partial charge on any atom is -0.383 e. The number of hydrogen-bond donors (Lipinski definition) is 2. The highest BCUT2D eigenvalue weighted by atomic mass is 79.9. The molecule has 0 aromatic carbocycles. The van der Waals surface area contributed by atoms with Crippen molar-refractivity contribution < 1.29 is 8.42 Å². The van der Waals surface area contributed by atoms with E-state index in [-0.39, 0.29) is 16.8 Å². The van der Waals surface area contributed by atoms with Crippen LogP contribution in [0.15, 0.2) is 21.6 Å². The number of nitrogens with zero attached hydrogens (tertiary/aromatic N) is 1. The summed E-state index contributed by atoms with van der Waals surface area (Å²) in [6.07, 6.45) is 7.62. The molecule has 0 saturated heterocycles. The number of aromatic nitrogens is 1. The van der Waals surface area contributed by atoms with Gasteiger partial charge < -0.3 is 5.73 Å². The molecule has 2 rings (SSSR count). The Morgan fingerprint density at radius 3 is 2.85 bits per heavy atom. The minimum absolute atomic E-state index is 0.0252. The third-order valence-corrected chi connectivity index (χ3v) is 6.57. The zero-order valence-corrected chi connectivity index (χ0v) is 14.4. The average molecular weight is 380 g/mol. The van der Waals surface area contributed by atoms with Crippen LogP contribution in [0.3, 0.4) is 0 Å². The summed E-state index contributed by atoms with van der Waals surface area (Å²) in [6.45, 7) is 0. The molecule has 3 N–H and O–H groups in total. The molecule has 112 valence electrons. The van der Waals surface area contributed by atoms with Crippen molar-refractivity contribution in [3.63, 3.8) is 0 Å². The van der Waals surface area contributed by atoms with E-state index in [1.165, 1.54) is 12.3 Å². The number of hydrogen-bond acceptors (Lipinski definition) is 5. The van der Waals surface area contributed by atoms with Crippen LogP contribution in [0.1, 0.15) is 25.7 Å². The molecule has 0 amide bonds. The summed E-state index contributed by atoms with van der Waals surface area (Å²) in [5.74, 6) is 0.0252. The number of anilines is 1. The van der Waals surface area contributed by atoms with Gasteiger partial charge in [-0.05, 0) is 41.1 Å². The van der Waals surface area contributed by atoms with E-state index in [9.17, 15) is 8.42 Å². The Hall–Kier alpha value is -0.310. The van der Waals surface area contributed by atoms with E-state index in [0.29, 0.717) is 9.72 Å². The van der Waals surface area contributed by atoms with Gasteiger partial charge in [-0.1, -0.05) is 12.8 Å². The number of nitrogens with two attached hydrogens (primary N) is 1. The first-order chi connectivity index (χ1) is 9.44. The van der Waals surface area contributed by atoms with Gasteiger partial charge in [0.05, 0.1) is 0 Å². The van der Waals surface area contributed by atoms with Gasteiger partial charge in [-0.25, -0.2) is 18.1 Å². The number of pyridine rings is 1. The molecule has 5 nitrogen and oxygen atoms in total. The SMILES string of the molecule is CSC1CCCCC1NS(=O)(=O)c1cc(Br)cnc1N. The number of nitrogens with one attached hydrogen (secondary N) is 1. The van der Waals surface area contributed by atoms with E-state index in [4.69, 9.17) is 5.73 Å². The lowest BCUT2D eigenvalue weighted by atomic mass is 9.96. The maximum atomic E-state index is 12.5. The van der Waals surface area contributed by atoms with Crippen molar-refractivity contribution >= 4 is 43.5 Å². The van der Waals surface area contributed by atoms with Crippen LogP contribution in [0.4, 0.5) is 5.82 Å². The highest BCUT2D eigenvalue weighted by Crippen LogP contribution is 2.29. The molecular weight excluding hydrogens is 362 g/mol. The summed E-state index contributed by atoms with van der Waals surface area (Å²) >= 11 is 4.94. The van der Waals surface area contributed by atoms with E-state index in [0.717, 1.165) is 25.7 Å². The summed E-state index contributed by atoms with van der Waals surface area (Å²) in [5, 5.41) is 0.319. The quantitative estimate of drug-likeness (QED) is 0.838. The van der Waals surface area contributed by atoms with Crippen LogP contribution in [0.2, 0.25) is 0 Å². The molecular formula is C12H18BrN3O2S2. The molecule has 1 aromatic rings. The number of halogens is 1. The Morgan fingerprint density at radius 2 is 2.15 bits per heavy atom. The molecule has 0 bridgehead atoms. The Labute approximate surface area is 132 Å². The monoisotopic (exact) mass is 379 g/mol. The van der Waals surface area contributed by atoms with Crippen molar-refractivity contribution in [1.82, 2.24) is 9.71 Å². The Balaban J connectivity index is 2.24. The van der Waals surface area contributed by atoms with Crippen LogP contribution in [-0.4, -0.2) is 30.9 Å². The van der Waals surface area contributed by atoms with Crippen molar-refractivity contribution in [2.75, 3.05) is 12.0 Å². The molecule has 2 unspecified atom stereocenters. The van der Waals surface area contributed by atoms with Gasteiger partial charge in [0.2, 0.25) is 10.0 Å². The largest absolute Gasteiger partial charge is 0.383 e. The van der Waals surface area contributed by atoms with E-state index < -0.39 is 10.0 Å². The lowest BCUT2D eigenvalue weighted by molar-refractivity contribution is 0.423. The topological polar surface area (TPSA) is 85.1 Å². The molecule has 1 aliphatic rings. The molecule has 8 heteroatoms. The average Bonchev–Trinajstić information content (AvgIpc) is 2.41. The van der Waals surface area contributed by atoms with Gasteiger partial charge in [-0.2, -0.15) is 11.8 Å². The zero-order valence-electron chi connectivity index (χ0n) is 11.2. The van der Waals surface area contributed by atoms with E-state index in [1.54, 1.807) is 11.8 Å². The number of nitrogen functional groups attached to an aromatic ring is 1. The van der Waals surface area contributed by atoms with Crippen LogP contribution >= 0.6 is 27.7 Å². The Bertz CT molecular complexity index is 580. The molecule has 0 radical (unpaired) electrons. The van der Waals surface area contributed by atoms with Crippen LogP contribution in [0, 0.1) is 0 Å². The summed E-state index contributed by atoms with van der Waals surface area (Å²) in [5.41, 5.74) is 5.69. The first-order valence-corrected chi connectivity index (χ1v) is 9.96. The van der Waals surface area contributed by atoms with E-state index in [2.05, 4.69) is 25.6 Å². The first kappa shape index (κ1) is 16.1. The fourth-order valence-corrected chi connectivity index (χ4v) is 5.34. The maximum absolute atomic E-state index is 12.5. The molecule has 1 aliphatic carbocycles. The third-order valence-electron chi connectivity index (χ3n) is 3.45. The smallest absolute Gasteiger partial charge is 0.244 e. The van der Waals surface area contributed by atoms with Gasteiger partial charge in [0.1, 0.15) is 10.7 Å².